The molecule has 0 fully saturated rings. The molecular formula is C13H11ClN2O2. The summed E-state index contributed by atoms with van der Waals surface area (Å²) in [7, 11) is 0. The van der Waals surface area contributed by atoms with Crippen LogP contribution in [0.25, 0.3) is 0 Å². The molecule has 4 nitrogen and oxygen atoms in total. The highest BCUT2D eigenvalue weighted by Crippen LogP contribution is 2.19. The number of hydrogen-bond donors (Lipinski definition) is 2. The molecule has 0 saturated carbocycles. The minimum absolute atomic E-state index is 0.0606. The molecule has 0 bridgehead atoms. The van der Waals surface area contributed by atoms with Gasteiger partial charge in [-0.3, -0.25) is 4.79 Å². The molecule has 1 aromatic heterocycles. The van der Waals surface area contributed by atoms with E-state index in [2.05, 4.69) is 10.3 Å². The van der Waals surface area contributed by atoms with Crippen molar-refractivity contribution in [3.63, 3.8) is 0 Å². The molecule has 18 heavy (non-hydrogen) atoms. The molecule has 2 N–H and O–H groups in total. The number of aromatic hydroxyl groups is 1. The van der Waals surface area contributed by atoms with Gasteiger partial charge in [0.25, 0.3) is 5.91 Å². The number of benzene rings is 1. The van der Waals surface area contributed by atoms with Crippen LogP contribution in [0.1, 0.15) is 15.9 Å². The number of phenolic OH excluding ortho intramolecular Hbond substituents is 1. The third-order valence-corrected chi connectivity index (χ3v) is 2.57. The van der Waals surface area contributed by atoms with E-state index in [1.807, 2.05) is 6.92 Å². The summed E-state index contributed by atoms with van der Waals surface area (Å²) in [4.78, 5) is 15.8. The lowest BCUT2D eigenvalue weighted by atomic mass is 10.1. The Balaban J connectivity index is 2.22. The number of pyridine rings is 1. The van der Waals surface area contributed by atoms with Crippen molar-refractivity contribution in [2.24, 2.45) is 0 Å². The minimum Gasteiger partial charge on any atom is -0.507 e. The molecule has 0 saturated heterocycles. The Morgan fingerprint density at radius 3 is 2.78 bits per heavy atom. The normalized spacial score (nSPS) is 10.1. The average molecular weight is 263 g/mol. The number of carbonyl (C=O) groups is 1. The van der Waals surface area contributed by atoms with Crippen molar-refractivity contribution >= 4 is 23.3 Å². The van der Waals surface area contributed by atoms with Crippen molar-refractivity contribution in [3.05, 3.63) is 52.7 Å². The first-order chi connectivity index (χ1) is 8.56. The third kappa shape index (κ3) is 2.78. The van der Waals surface area contributed by atoms with Crippen molar-refractivity contribution in [3.8, 4) is 5.75 Å². The minimum atomic E-state index is -0.428. The number of aryl methyl sites for hydroxylation is 1. The quantitative estimate of drug-likeness (QED) is 0.818. The lowest BCUT2D eigenvalue weighted by Crippen LogP contribution is -2.13. The third-order valence-electron chi connectivity index (χ3n) is 2.35. The summed E-state index contributed by atoms with van der Waals surface area (Å²) in [5, 5.41) is 12.5. The fourth-order valence-electron chi connectivity index (χ4n) is 1.50. The number of aromatic nitrogens is 1. The number of rotatable bonds is 2. The maximum atomic E-state index is 11.9. The first-order valence-corrected chi connectivity index (χ1v) is 5.67. The number of halogens is 1. The molecule has 0 spiro atoms. The summed E-state index contributed by atoms with van der Waals surface area (Å²) in [6, 6.07) is 9.75. The van der Waals surface area contributed by atoms with Gasteiger partial charge in [0.2, 0.25) is 0 Å². The molecule has 0 radical (unpaired) electrons. The number of anilines is 1. The number of nitrogens with one attached hydrogen (secondary N) is 1. The van der Waals surface area contributed by atoms with Gasteiger partial charge in [0.05, 0.1) is 5.56 Å². The highest BCUT2D eigenvalue weighted by atomic mass is 35.5. The Morgan fingerprint density at radius 1 is 1.33 bits per heavy atom. The summed E-state index contributed by atoms with van der Waals surface area (Å²) in [6.07, 6.45) is 0. The molecule has 5 heteroatoms. The zero-order valence-corrected chi connectivity index (χ0v) is 10.4. The molecule has 1 heterocycles. The summed E-state index contributed by atoms with van der Waals surface area (Å²) in [5.74, 6) is -0.149. The van der Waals surface area contributed by atoms with Crippen LogP contribution in [-0.2, 0) is 0 Å². The molecule has 0 aliphatic rings. The predicted molar refractivity (Wildman–Crippen MR) is 70.0 cm³/mol. The number of amides is 1. The van der Waals surface area contributed by atoms with Crippen LogP contribution in [0.5, 0.6) is 5.75 Å². The van der Waals surface area contributed by atoms with Crippen molar-refractivity contribution in [2.45, 2.75) is 6.92 Å². The Hall–Kier alpha value is -2.07. The van der Waals surface area contributed by atoms with E-state index in [-0.39, 0.29) is 11.3 Å². The largest absolute Gasteiger partial charge is 0.507 e. The molecule has 1 aromatic carbocycles. The van der Waals surface area contributed by atoms with Crippen LogP contribution in [-0.4, -0.2) is 16.0 Å². The maximum Gasteiger partial charge on any atom is 0.260 e. The molecule has 2 rings (SSSR count). The van der Waals surface area contributed by atoms with Gasteiger partial charge in [-0.05, 0) is 36.8 Å². The summed E-state index contributed by atoms with van der Waals surface area (Å²) >= 11 is 5.71. The maximum absolute atomic E-state index is 11.9. The summed E-state index contributed by atoms with van der Waals surface area (Å²) < 4.78 is 0. The van der Waals surface area contributed by atoms with Gasteiger partial charge in [0.15, 0.2) is 0 Å². The van der Waals surface area contributed by atoms with Crippen LogP contribution in [0.3, 0.4) is 0 Å². The molecule has 0 unspecified atom stereocenters. The lowest BCUT2D eigenvalue weighted by molar-refractivity contribution is 0.102. The Labute approximate surface area is 109 Å². The van der Waals surface area contributed by atoms with Crippen LogP contribution >= 0.6 is 11.6 Å². The molecular weight excluding hydrogens is 252 g/mol. The fourth-order valence-corrected chi connectivity index (χ4v) is 1.66. The first-order valence-electron chi connectivity index (χ1n) is 5.30. The van der Waals surface area contributed by atoms with E-state index >= 15 is 0 Å². The van der Waals surface area contributed by atoms with Crippen molar-refractivity contribution < 1.29 is 9.90 Å². The summed E-state index contributed by atoms with van der Waals surface area (Å²) in [5.41, 5.74) is 1.08. The van der Waals surface area contributed by atoms with Gasteiger partial charge in [-0.15, -0.1) is 0 Å². The smallest absolute Gasteiger partial charge is 0.260 e. The highest BCUT2D eigenvalue weighted by molar-refractivity contribution is 6.29. The zero-order valence-electron chi connectivity index (χ0n) is 9.64. The summed E-state index contributed by atoms with van der Waals surface area (Å²) in [6.45, 7) is 1.83. The van der Waals surface area contributed by atoms with Crippen LogP contribution in [0.2, 0.25) is 5.15 Å². The van der Waals surface area contributed by atoms with Gasteiger partial charge < -0.3 is 10.4 Å². The van der Waals surface area contributed by atoms with Gasteiger partial charge in [-0.2, -0.15) is 0 Å². The van der Waals surface area contributed by atoms with Crippen molar-refractivity contribution in [1.29, 1.82) is 0 Å². The number of nitrogens with zero attached hydrogens (tertiary/aromatic N) is 1. The number of carbonyl (C=O) groups excluding carboxylic acids is 1. The molecule has 0 aliphatic carbocycles. The predicted octanol–water partition coefficient (Wildman–Crippen LogP) is 3.00. The van der Waals surface area contributed by atoms with Crippen molar-refractivity contribution in [1.82, 2.24) is 4.98 Å². The van der Waals surface area contributed by atoms with Gasteiger partial charge in [0.1, 0.15) is 16.7 Å². The van der Waals surface area contributed by atoms with E-state index in [0.717, 1.165) is 5.56 Å². The first kappa shape index (κ1) is 12.4. The lowest BCUT2D eigenvalue weighted by Gasteiger charge is -2.06. The second kappa shape index (κ2) is 5.06. The number of phenols is 1. The van der Waals surface area contributed by atoms with E-state index in [0.29, 0.717) is 11.0 Å². The van der Waals surface area contributed by atoms with Gasteiger partial charge in [0, 0.05) is 0 Å². The van der Waals surface area contributed by atoms with Crippen LogP contribution in [0, 0.1) is 6.92 Å². The molecule has 0 aliphatic heterocycles. The average Bonchev–Trinajstić information content (AvgIpc) is 2.28. The van der Waals surface area contributed by atoms with E-state index in [1.54, 1.807) is 30.3 Å². The van der Waals surface area contributed by atoms with E-state index in [1.165, 1.54) is 6.07 Å². The Bertz CT molecular complexity index is 599. The van der Waals surface area contributed by atoms with Crippen LogP contribution in [0.4, 0.5) is 5.82 Å². The molecule has 0 atom stereocenters. The zero-order chi connectivity index (χ0) is 13.1. The van der Waals surface area contributed by atoms with Gasteiger partial charge in [-0.25, -0.2) is 4.98 Å². The standard InChI is InChI=1S/C13H11ClN2O2/c1-8-5-6-9(10(17)7-8)13(18)16-12-4-2-3-11(14)15-12/h2-7,17H,1H3,(H,15,16,18). The van der Waals surface area contributed by atoms with Gasteiger partial charge >= 0.3 is 0 Å². The highest BCUT2D eigenvalue weighted by Gasteiger charge is 2.11. The second-order valence-electron chi connectivity index (χ2n) is 3.82. The van der Waals surface area contributed by atoms with Gasteiger partial charge in [-0.1, -0.05) is 23.7 Å². The SMILES string of the molecule is Cc1ccc(C(=O)Nc2cccc(Cl)n2)c(O)c1. The Morgan fingerprint density at radius 2 is 2.11 bits per heavy atom. The van der Waals surface area contributed by atoms with Crippen LogP contribution in [0.15, 0.2) is 36.4 Å². The van der Waals surface area contributed by atoms with E-state index in [4.69, 9.17) is 11.6 Å². The molecule has 1 amide bonds. The Kier molecular flexibility index (Phi) is 3.48. The molecule has 92 valence electrons. The van der Waals surface area contributed by atoms with Crippen molar-refractivity contribution in [2.75, 3.05) is 5.32 Å². The second-order valence-corrected chi connectivity index (χ2v) is 4.21. The van der Waals surface area contributed by atoms with Crippen LogP contribution < -0.4 is 5.32 Å². The number of hydrogen-bond acceptors (Lipinski definition) is 3. The molecule has 2 aromatic rings. The monoisotopic (exact) mass is 262 g/mol. The van der Waals surface area contributed by atoms with E-state index in [9.17, 15) is 9.90 Å². The van der Waals surface area contributed by atoms with E-state index < -0.39 is 5.91 Å². The topological polar surface area (TPSA) is 62.2 Å². The fraction of sp³-hybridized carbons (Fsp3) is 0.0769.